The van der Waals surface area contributed by atoms with Crippen LogP contribution in [0.1, 0.15) is 16.7 Å². The van der Waals surface area contributed by atoms with E-state index in [9.17, 15) is 4.79 Å². The largest absolute Gasteiger partial charge is 0.326 e. The highest BCUT2D eigenvalue weighted by atomic mass is 16.1. The molecule has 6 heteroatoms. The molecule has 0 spiro atoms. The number of nitrogens with one attached hydrogen (secondary N) is 1. The van der Waals surface area contributed by atoms with Gasteiger partial charge in [0.2, 0.25) is 5.91 Å². The molecule has 3 rings (SSSR count). The number of hydrogen-bond donors (Lipinski definition) is 3. The number of hydrazone groups is 2. The summed E-state index contributed by atoms with van der Waals surface area (Å²) in [5.74, 6) is 10.2. The van der Waals surface area contributed by atoms with Gasteiger partial charge in [-0.15, -0.1) is 0 Å². The second kappa shape index (κ2) is 9.14. The Labute approximate surface area is 163 Å². The highest BCUT2D eigenvalue weighted by Gasteiger charge is 2.10. The average molecular weight is 371 g/mol. The zero-order chi connectivity index (χ0) is 19.8. The second-order valence-electron chi connectivity index (χ2n) is 6.18. The number of carbonyl (C=O) groups excluding carboxylic acids is 1. The van der Waals surface area contributed by atoms with E-state index >= 15 is 0 Å². The molecule has 1 amide bonds. The standard InChI is InChI=1S/C22H21N5O/c23-25-14-16-5-9-18(10-6-16)21-4-2-1-3-19(21)13-22(28)27-20-11-7-17(8-12-20)15-26-24/h1-12,14-15H,13,23-24H2,(H,27,28). The van der Waals surface area contributed by atoms with Crippen molar-refractivity contribution in [3.63, 3.8) is 0 Å². The lowest BCUT2D eigenvalue weighted by atomic mass is 9.97. The molecule has 0 saturated heterocycles. The highest BCUT2D eigenvalue weighted by Crippen LogP contribution is 2.24. The summed E-state index contributed by atoms with van der Waals surface area (Å²) < 4.78 is 0. The Bertz CT molecular complexity index is 992. The van der Waals surface area contributed by atoms with Crippen LogP contribution in [0.5, 0.6) is 0 Å². The van der Waals surface area contributed by atoms with Gasteiger partial charge >= 0.3 is 0 Å². The van der Waals surface area contributed by atoms with Gasteiger partial charge in [0, 0.05) is 5.69 Å². The first-order valence-corrected chi connectivity index (χ1v) is 8.74. The fourth-order valence-corrected chi connectivity index (χ4v) is 2.91. The quantitative estimate of drug-likeness (QED) is 0.352. The van der Waals surface area contributed by atoms with Gasteiger partial charge in [-0.1, -0.05) is 60.7 Å². The smallest absolute Gasteiger partial charge is 0.228 e. The molecule has 0 atom stereocenters. The maximum Gasteiger partial charge on any atom is 0.228 e. The molecule has 0 aromatic heterocycles. The van der Waals surface area contributed by atoms with Crippen molar-refractivity contribution in [2.45, 2.75) is 6.42 Å². The average Bonchev–Trinajstić information content (AvgIpc) is 2.71. The Kier molecular flexibility index (Phi) is 6.15. The Morgan fingerprint density at radius 3 is 2.00 bits per heavy atom. The fraction of sp³-hybridized carbons (Fsp3) is 0.0455. The molecule has 0 aliphatic heterocycles. The van der Waals surface area contributed by atoms with Crippen molar-refractivity contribution >= 4 is 24.0 Å². The van der Waals surface area contributed by atoms with Crippen molar-refractivity contribution in [2.24, 2.45) is 21.9 Å². The van der Waals surface area contributed by atoms with E-state index in [4.69, 9.17) is 11.7 Å². The van der Waals surface area contributed by atoms with Crippen LogP contribution in [0.25, 0.3) is 11.1 Å². The fourth-order valence-electron chi connectivity index (χ4n) is 2.91. The Hall–Kier alpha value is -3.93. The zero-order valence-electron chi connectivity index (χ0n) is 15.2. The maximum atomic E-state index is 12.5. The number of anilines is 1. The number of nitrogens with two attached hydrogens (primary N) is 2. The van der Waals surface area contributed by atoms with E-state index in [1.807, 2.05) is 72.8 Å². The minimum absolute atomic E-state index is 0.0837. The van der Waals surface area contributed by atoms with Crippen LogP contribution in [0.3, 0.4) is 0 Å². The molecule has 0 radical (unpaired) electrons. The molecule has 28 heavy (non-hydrogen) atoms. The molecular formula is C22H21N5O. The summed E-state index contributed by atoms with van der Waals surface area (Å²) in [5, 5.41) is 9.93. The number of rotatable bonds is 6. The van der Waals surface area contributed by atoms with E-state index in [1.54, 1.807) is 12.4 Å². The van der Waals surface area contributed by atoms with Gasteiger partial charge in [0.05, 0.1) is 18.9 Å². The van der Waals surface area contributed by atoms with Crippen molar-refractivity contribution in [3.8, 4) is 11.1 Å². The molecule has 0 saturated carbocycles. The lowest BCUT2D eigenvalue weighted by molar-refractivity contribution is -0.115. The van der Waals surface area contributed by atoms with Crippen LogP contribution in [0.2, 0.25) is 0 Å². The second-order valence-corrected chi connectivity index (χ2v) is 6.18. The molecule has 6 nitrogen and oxygen atoms in total. The van der Waals surface area contributed by atoms with Gasteiger partial charge in [-0.25, -0.2) is 0 Å². The Morgan fingerprint density at radius 1 is 0.821 bits per heavy atom. The Morgan fingerprint density at radius 2 is 1.39 bits per heavy atom. The van der Waals surface area contributed by atoms with Gasteiger partial charge in [-0.3, -0.25) is 4.79 Å². The molecule has 0 unspecified atom stereocenters. The molecule has 0 fully saturated rings. The van der Waals surface area contributed by atoms with Crippen molar-refractivity contribution in [1.82, 2.24) is 0 Å². The van der Waals surface area contributed by atoms with E-state index < -0.39 is 0 Å². The van der Waals surface area contributed by atoms with Gasteiger partial charge in [0.1, 0.15) is 0 Å². The SMILES string of the molecule is NN=Cc1ccc(NC(=O)Cc2ccccc2-c2ccc(C=NN)cc2)cc1. The normalized spacial score (nSPS) is 11.1. The maximum absolute atomic E-state index is 12.5. The van der Waals surface area contributed by atoms with Crippen LogP contribution < -0.4 is 17.0 Å². The van der Waals surface area contributed by atoms with E-state index in [2.05, 4.69) is 15.5 Å². The van der Waals surface area contributed by atoms with Crippen molar-refractivity contribution in [3.05, 3.63) is 89.5 Å². The third-order valence-electron chi connectivity index (χ3n) is 4.23. The lowest BCUT2D eigenvalue weighted by Gasteiger charge is -2.11. The summed E-state index contributed by atoms with van der Waals surface area (Å²) in [6.45, 7) is 0. The van der Waals surface area contributed by atoms with Crippen LogP contribution >= 0.6 is 0 Å². The molecule has 0 heterocycles. The first kappa shape index (κ1) is 18.8. The molecule has 3 aromatic carbocycles. The van der Waals surface area contributed by atoms with Gasteiger partial charge in [-0.2, -0.15) is 10.2 Å². The summed E-state index contributed by atoms with van der Waals surface area (Å²) in [4.78, 5) is 12.5. The summed E-state index contributed by atoms with van der Waals surface area (Å²) in [6, 6.07) is 23.0. The summed E-state index contributed by atoms with van der Waals surface area (Å²) in [6.07, 6.45) is 3.41. The van der Waals surface area contributed by atoms with E-state index in [1.165, 1.54) is 0 Å². The third kappa shape index (κ3) is 4.82. The van der Waals surface area contributed by atoms with Gasteiger partial charge in [0.15, 0.2) is 0 Å². The first-order chi connectivity index (χ1) is 13.7. The third-order valence-corrected chi connectivity index (χ3v) is 4.23. The van der Waals surface area contributed by atoms with E-state index in [0.29, 0.717) is 0 Å². The Balaban J connectivity index is 1.74. The van der Waals surface area contributed by atoms with Crippen LogP contribution in [-0.2, 0) is 11.2 Å². The highest BCUT2D eigenvalue weighted by molar-refractivity contribution is 5.94. The number of benzene rings is 3. The minimum atomic E-state index is -0.0837. The van der Waals surface area contributed by atoms with Crippen LogP contribution in [0.15, 0.2) is 83.0 Å². The zero-order valence-corrected chi connectivity index (χ0v) is 15.2. The topological polar surface area (TPSA) is 106 Å². The summed E-state index contributed by atoms with van der Waals surface area (Å²) in [5.41, 5.74) is 5.51. The van der Waals surface area contributed by atoms with Crippen LogP contribution in [0, 0.1) is 0 Å². The van der Waals surface area contributed by atoms with Gasteiger partial charge in [-0.05, 0) is 39.9 Å². The molecule has 0 aliphatic carbocycles. The predicted molar refractivity (Wildman–Crippen MR) is 114 cm³/mol. The molecule has 3 aromatic rings. The summed E-state index contributed by atoms with van der Waals surface area (Å²) >= 11 is 0. The van der Waals surface area contributed by atoms with Crippen molar-refractivity contribution in [2.75, 3.05) is 5.32 Å². The van der Waals surface area contributed by atoms with E-state index in [-0.39, 0.29) is 12.3 Å². The molecular weight excluding hydrogens is 350 g/mol. The molecule has 0 bridgehead atoms. The monoisotopic (exact) mass is 371 g/mol. The number of carbonyl (C=O) groups is 1. The van der Waals surface area contributed by atoms with Gasteiger partial charge in [0.25, 0.3) is 0 Å². The predicted octanol–water partition coefficient (Wildman–Crippen LogP) is 3.12. The van der Waals surface area contributed by atoms with Crippen molar-refractivity contribution in [1.29, 1.82) is 0 Å². The molecule has 0 aliphatic rings. The lowest BCUT2D eigenvalue weighted by Crippen LogP contribution is -2.14. The van der Waals surface area contributed by atoms with Crippen LogP contribution in [-0.4, -0.2) is 18.3 Å². The molecule has 5 N–H and O–H groups in total. The number of nitrogens with zero attached hydrogens (tertiary/aromatic N) is 2. The van der Waals surface area contributed by atoms with E-state index in [0.717, 1.165) is 33.5 Å². The number of amides is 1. The summed E-state index contributed by atoms with van der Waals surface area (Å²) in [7, 11) is 0. The number of hydrogen-bond acceptors (Lipinski definition) is 5. The van der Waals surface area contributed by atoms with Crippen molar-refractivity contribution < 1.29 is 4.79 Å². The first-order valence-electron chi connectivity index (χ1n) is 8.74. The molecule has 140 valence electrons. The van der Waals surface area contributed by atoms with Gasteiger partial charge < -0.3 is 17.0 Å². The van der Waals surface area contributed by atoms with Crippen LogP contribution in [0.4, 0.5) is 5.69 Å². The minimum Gasteiger partial charge on any atom is -0.326 e.